The molecule has 0 bridgehead atoms. The maximum absolute atomic E-state index is 13.5. The minimum atomic E-state index is -4.55. The Morgan fingerprint density at radius 1 is 1.10 bits per heavy atom. The first kappa shape index (κ1) is 21.7. The molecule has 2 aromatic rings. The van der Waals surface area contributed by atoms with Gasteiger partial charge in [0.2, 0.25) is 0 Å². The largest absolute Gasteiger partial charge is 0.416 e. The molecule has 0 aliphatic carbocycles. The summed E-state index contributed by atoms with van der Waals surface area (Å²) in [5.41, 5.74) is -0.138. The lowest BCUT2D eigenvalue weighted by Gasteiger charge is -2.32. The van der Waals surface area contributed by atoms with Crippen LogP contribution in [0.3, 0.4) is 0 Å². The summed E-state index contributed by atoms with van der Waals surface area (Å²) in [5.74, 6) is -1.35. The Hall–Kier alpha value is -1.97. The SMILES string of the molecule is CS(=O)(=O)OC(C1CCCN1)C(c1ccc(F)cc1)c1cccc(C(F)(F)F)c1. The van der Waals surface area contributed by atoms with E-state index >= 15 is 0 Å². The van der Waals surface area contributed by atoms with Crippen LogP contribution in [0.15, 0.2) is 48.5 Å². The first-order valence-electron chi connectivity index (χ1n) is 9.09. The second-order valence-electron chi connectivity index (χ2n) is 7.12. The van der Waals surface area contributed by atoms with E-state index in [1.165, 1.54) is 36.4 Å². The normalized spacial score (nSPS) is 19.8. The Morgan fingerprint density at radius 2 is 1.79 bits per heavy atom. The van der Waals surface area contributed by atoms with Gasteiger partial charge in [0.15, 0.2) is 0 Å². The first-order valence-corrected chi connectivity index (χ1v) is 10.9. The van der Waals surface area contributed by atoms with Crippen molar-refractivity contribution in [2.45, 2.75) is 37.1 Å². The van der Waals surface area contributed by atoms with Crippen LogP contribution in [0.25, 0.3) is 0 Å². The Labute approximate surface area is 167 Å². The number of hydrogen-bond acceptors (Lipinski definition) is 4. The van der Waals surface area contributed by atoms with Gasteiger partial charge in [0.05, 0.1) is 11.8 Å². The van der Waals surface area contributed by atoms with Gasteiger partial charge in [-0.2, -0.15) is 21.6 Å². The number of rotatable bonds is 6. The number of benzene rings is 2. The first-order chi connectivity index (χ1) is 13.5. The average Bonchev–Trinajstić information content (AvgIpc) is 3.16. The smallest absolute Gasteiger partial charge is 0.311 e. The van der Waals surface area contributed by atoms with E-state index in [4.69, 9.17) is 4.18 Å². The summed E-state index contributed by atoms with van der Waals surface area (Å²) in [7, 11) is -3.90. The number of alkyl halides is 3. The van der Waals surface area contributed by atoms with E-state index in [1.54, 1.807) is 0 Å². The van der Waals surface area contributed by atoms with Crippen LogP contribution in [0.2, 0.25) is 0 Å². The Kier molecular flexibility index (Phi) is 6.30. The van der Waals surface area contributed by atoms with Crippen LogP contribution in [0, 0.1) is 5.82 Å². The van der Waals surface area contributed by atoms with Crippen LogP contribution in [-0.2, 0) is 20.5 Å². The molecule has 9 heteroatoms. The van der Waals surface area contributed by atoms with E-state index < -0.39 is 39.7 Å². The van der Waals surface area contributed by atoms with Crippen LogP contribution in [-0.4, -0.2) is 33.4 Å². The molecular formula is C20H21F4NO3S. The molecule has 2 aromatic carbocycles. The van der Waals surface area contributed by atoms with Gasteiger partial charge < -0.3 is 5.32 Å². The fourth-order valence-corrected chi connectivity index (χ4v) is 4.35. The zero-order chi connectivity index (χ0) is 21.2. The molecule has 0 aromatic heterocycles. The summed E-state index contributed by atoms with van der Waals surface area (Å²) < 4.78 is 82.6. The maximum Gasteiger partial charge on any atom is 0.416 e. The molecule has 3 unspecified atom stereocenters. The molecule has 1 aliphatic heterocycles. The Balaban J connectivity index is 2.14. The third-order valence-electron chi connectivity index (χ3n) is 4.91. The minimum absolute atomic E-state index is 0.244. The van der Waals surface area contributed by atoms with Gasteiger partial charge in [0.1, 0.15) is 11.9 Å². The van der Waals surface area contributed by atoms with Crippen molar-refractivity contribution in [3.8, 4) is 0 Å². The predicted octanol–water partition coefficient (Wildman–Crippen LogP) is 4.07. The van der Waals surface area contributed by atoms with Crippen LogP contribution in [0.5, 0.6) is 0 Å². The summed E-state index contributed by atoms with van der Waals surface area (Å²) in [6.07, 6.45) is -3.24. The summed E-state index contributed by atoms with van der Waals surface area (Å²) in [6, 6.07) is 9.58. The van der Waals surface area contributed by atoms with Crippen molar-refractivity contribution in [1.29, 1.82) is 0 Å². The second-order valence-corrected chi connectivity index (χ2v) is 8.72. The monoisotopic (exact) mass is 431 g/mol. The van der Waals surface area contributed by atoms with Gasteiger partial charge in [-0.15, -0.1) is 0 Å². The quantitative estimate of drug-likeness (QED) is 0.553. The zero-order valence-corrected chi connectivity index (χ0v) is 16.4. The predicted molar refractivity (Wildman–Crippen MR) is 100 cm³/mol. The van der Waals surface area contributed by atoms with Crippen molar-refractivity contribution in [2.24, 2.45) is 0 Å². The van der Waals surface area contributed by atoms with Gasteiger partial charge >= 0.3 is 6.18 Å². The van der Waals surface area contributed by atoms with E-state index in [0.717, 1.165) is 24.8 Å². The lowest BCUT2D eigenvalue weighted by Crippen LogP contribution is -2.42. The molecule has 0 radical (unpaired) electrons. The topological polar surface area (TPSA) is 55.4 Å². The Morgan fingerprint density at radius 3 is 2.34 bits per heavy atom. The lowest BCUT2D eigenvalue weighted by molar-refractivity contribution is -0.137. The molecule has 0 spiro atoms. The fraction of sp³-hybridized carbons (Fsp3) is 0.400. The molecule has 1 N–H and O–H groups in total. The van der Waals surface area contributed by atoms with Crippen LogP contribution in [0.4, 0.5) is 17.6 Å². The van der Waals surface area contributed by atoms with Crippen molar-refractivity contribution in [2.75, 3.05) is 12.8 Å². The van der Waals surface area contributed by atoms with Crippen LogP contribution in [0.1, 0.15) is 35.4 Å². The highest BCUT2D eigenvalue weighted by Crippen LogP contribution is 2.37. The molecule has 0 saturated carbocycles. The van der Waals surface area contributed by atoms with Gasteiger partial charge in [0.25, 0.3) is 10.1 Å². The second kappa shape index (κ2) is 8.41. The molecule has 29 heavy (non-hydrogen) atoms. The van der Waals surface area contributed by atoms with Crippen molar-refractivity contribution < 1.29 is 30.2 Å². The maximum atomic E-state index is 13.5. The molecule has 158 valence electrons. The van der Waals surface area contributed by atoms with E-state index in [1.807, 2.05) is 0 Å². The molecule has 3 atom stereocenters. The van der Waals surface area contributed by atoms with Crippen molar-refractivity contribution in [1.82, 2.24) is 5.32 Å². The molecule has 4 nitrogen and oxygen atoms in total. The minimum Gasteiger partial charge on any atom is -0.311 e. The molecule has 1 aliphatic rings. The summed E-state index contributed by atoms with van der Waals surface area (Å²) in [6.45, 7) is 0.646. The molecule has 1 saturated heterocycles. The molecular weight excluding hydrogens is 410 g/mol. The van der Waals surface area contributed by atoms with Crippen molar-refractivity contribution >= 4 is 10.1 Å². The fourth-order valence-electron chi connectivity index (χ4n) is 3.70. The lowest BCUT2D eigenvalue weighted by atomic mass is 9.82. The third kappa shape index (κ3) is 5.55. The Bertz CT molecular complexity index is 939. The number of hydrogen-bond donors (Lipinski definition) is 1. The van der Waals surface area contributed by atoms with E-state index in [9.17, 15) is 26.0 Å². The summed E-state index contributed by atoms with van der Waals surface area (Å²) in [5, 5.41) is 3.17. The highest BCUT2D eigenvalue weighted by molar-refractivity contribution is 7.86. The molecule has 1 fully saturated rings. The number of nitrogens with one attached hydrogen (secondary N) is 1. The average molecular weight is 431 g/mol. The van der Waals surface area contributed by atoms with E-state index in [0.29, 0.717) is 18.5 Å². The molecule has 3 rings (SSSR count). The van der Waals surface area contributed by atoms with Crippen LogP contribution < -0.4 is 5.32 Å². The number of halogens is 4. The highest BCUT2D eigenvalue weighted by atomic mass is 32.2. The standard InChI is InChI=1S/C20H21F4NO3S/c1-29(26,27)28-19(17-6-3-11-25-17)18(13-7-9-16(21)10-8-13)14-4-2-5-15(12-14)20(22,23)24/h2,4-5,7-10,12,17-19,25H,3,6,11H2,1H3. The van der Waals surface area contributed by atoms with Gasteiger partial charge in [-0.25, -0.2) is 4.39 Å². The summed E-state index contributed by atoms with van der Waals surface area (Å²) in [4.78, 5) is 0. The van der Waals surface area contributed by atoms with E-state index in [2.05, 4.69) is 5.32 Å². The van der Waals surface area contributed by atoms with Crippen molar-refractivity contribution in [3.63, 3.8) is 0 Å². The van der Waals surface area contributed by atoms with Gasteiger partial charge in [-0.3, -0.25) is 4.18 Å². The summed E-state index contributed by atoms with van der Waals surface area (Å²) >= 11 is 0. The van der Waals surface area contributed by atoms with Gasteiger partial charge in [0, 0.05) is 12.0 Å². The van der Waals surface area contributed by atoms with Crippen molar-refractivity contribution in [3.05, 3.63) is 71.0 Å². The van der Waals surface area contributed by atoms with Crippen LogP contribution >= 0.6 is 0 Å². The third-order valence-corrected chi connectivity index (χ3v) is 5.48. The molecule has 0 amide bonds. The highest BCUT2D eigenvalue weighted by Gasteiger charge is 2.38. The van der Waals surface area contributed by atoms with Gasteiger partial charge in [-0.05, 0) is 48.7 Å². The van der Waals surface area contributed by atoms with E-state index in [-0.39, 0.29) is 11.6 Å². The zero-order valence-electron chi connectivity index (χ0n) is 15.6. The molecule has 1 heterocycles. The van der Waals surface area contributed by atoms with Gasteiger partial charge in [-0.1, -0.05) is 30.3 Å².